The molecule has 2 heterocycles. The molecule has 1 aliphatic rings. The third kappa shape index (κ3) is 3.96. The minimum Gasteiger partial charge on any atom is -0.481 e. The number of carboxylic acids is 1. The number of carboxylic acid groups (broad SMARTS) is 1. The Hall–Kier alpha value is -4.27. The van der Waals surface area contributed by atoms with Crippen LogP contribution < -0.4 is 15.5 Å². The van der Waals surface area contributed by atoms with E-state index < -0.39 is 29.2 Å². The van der Waals surface area contributed by atoms with E-state index in [0.29, 0.717) is 16.8 Å². The summed E-state index contributed by atoms with van der Waals surface area (Å²) in [6.07, 6.45) is -4.57. The number of hydrogen-bond donors (Lipinski definition) is 2. The van der Waals surface area contributed by atoms with Crippen molar-refractivity contribution in [3.8, 4) is 17.1 Å². The molecule has 0 bridgehead atoms. The number of para-hydroxylation sites is 1. The first kappa shape index (κ1) is 23.5. The summed E-state index contributed by atoms with van der Waals surface area (Å²) in [5, 5.41) is 12.9. The number of aromatic carboxylic acids is 1. The number of aryl methyl sites for hydroxylation is 1. The number of anilines is 1. The fraction of sp³-hybridized carbons (Fsp3) is 0.185. The van der Waals surface area contributed by atoms with Crippen LogP contribution >= 0.6 is 0 Å². The first-order valence-corrected chi connectivity index (χ1v) is 11.1. The second kappa shape index (κ2) is 8.44. The number of halogens is 3. The van der Waals surface area contributed by atoms with Crippen molar-refractivity contribution in [2.24, 2.45) is 0 Å². The lowest BCUT2D eigenvalue weighted by molar-refractivity contribution is -0.137. The van der Waals surface area contributed by atoms with Gasteiger partial charge in [-0.1, -0.05) is 24.3 Å². The molecule has 0 saturated carbocycles. The maximum absolute atomic E-state index is 13.4. The second-order valence-electron chi connectivity index (χ2n) is 8.70. The Kier molecular flexibility index (Phi) is 5.50. The van der Waals surface area contributed by atoms with Crippen molar-refractivity contribution in [2.75, 3.05) is 5.32 Å². The molecule has 3 aromatic carbocycles. The molecule has 0 saturated heterocycles. The predicted octanol–water partition coefficient (Wildman–Crippen LogP) is 6.55. The summed E-state index contributed by atoms with van der Waals surface area (Å²) in [6.45, 7) is 3.52. The number of fused-ring (bicyclic) bond motifs is 4. The third-order valence-corrected chi connectivity index (χ3v) is 6.17. The van der Waals surface area contributed by atoms with Crippen LogP contribution in [0.4, 0.5) is 18.9 Å². The van der Waals surface area contributed by atoms with Gasteiger partial charge in [-0.2, -0.15) is 13.2 Å². The molecule has 1 atom stereocenters. The van der Waals surface area contributed by atoms with E-state index in [1.807, 2.05) is 0 Å². The standard InChI is InChI=1S/C27H20F3NO5/c1-13-9-18(14(2)31-21-6-4-3-5-17(21)26(33)34)23-20(10-13)22(32)25-24(36-23)19-11-16(27(28,29)30)8-7-15(19)12-35-25/h3-11,14,31H,12H2,1-2H3,(H,33,34). The van der Waals surface area contributed by atoms with Crippen LogP contribution in [0.1, 0.15) is 45.6 Å². The zero-order chi connectivity index (χ0) is 25.8. The van der Waals surface area contributed by atoms with Crippen molar-refractivity contribution in [2.45, 2.75) is 32.7 Å². The average molecular weight is 495 g/mol. The van der Waals surface area contributed by atoms with E-state index in [4.69, 9.17) is 9.15 Å². The van der Waals surface area contributed by atoms with Gasteiger partial charge in [0.2, 0.25) is 11.2 Å². The van der Waals surface area contributed by atoms with Crippen LogP contribution in [0.15, 0.2) is 63.8 Å². The maximum atomic E-state index is 13.4. The lowest BCUT2D eigenvalue weighted by Crippen LogP contribution is -2.17. The molecule has 0 spiro atoms. The minimum absolute atomic E-state index is 0.0562. The Morgan fingerprint density at radius 1 is 1.11 bits per heavy atom. The summed E-state index contributed by atoms with van der Waals surface area (Å²) >= 11 is 0. The first-order valence-electron chi connectivity index (χ1n) is 11.1. The van der Waals surface area contributed by atoms with Crippen molar-refractivity contribution in [1.29, 1.82) is 0 Å². The van der Waals surface area contributed by atoms with E-state index in [1.54, 1.807) is 44.2 Å². The highest BCUT2D eigenvalue weighted by atomic mass is 19.4. The van der Waals surface area contributed by atoms with Gasteiger partial charge in [0.15, 0.2) is 5.76 Å². The van der Waals surface area contributed by atoms with Crippen LogP contribution in [-0.4, -0.2) is 11.1 Å². The van der Waals surface area contributed by atoms with Crippen molar-refractivity contribution >= 4 is 22.6 Å². The van der Waals surface area contributed by atoms with Gasteiger partial charge in [-0.25, -0.2) is 4.79 Å². The number of rotatable bonds is 4. The minimum atomic E-state index is -4.57. The smallest absolute Gasteiger partial charge is 0.416 e. The van der Waals surface area contributed by atoms with Gasteiger partial charge >= 0.3 is 12.1 Å². The molecule has 6 nitrogen and oxygen atoms in total. The van der Waals surface area contributed by atoms with Crippen molar-refractivity contribution in [3.05, 3.63) is 92.6 Å². The van der Waals surface area contributed by atoms with E-state index >= 15 is 0 Å². The molecular weight excluding hydrogens is 475 g/mol. The van der Waals surface area contributed by atoms with Crippen LogP contribution in [0.2, 0.25) is 0 Å². The molecule has 4 aromatic rings. The molecule has 1 aromatic heterocycles. The normalized spacial score (nSPS) is 13.5. The number of benzene rings is 3. The SMILES string of the molecule is Cc1cc(C(C)Nc2ccccc2C(=O)O)c2oc3c(c(=O)c2c1)OCc1ccc(C(F)(F)F)cc1-3. The topological polar surface area (TPSA) is 88.8 Å². The Labute approximate surface area is 202 Å². The zero-order valence-corrected chi connectivity index (χ0v) is 19.2. The quantitative estimate of drug-likeness (QED) is 0.334. The monoisotopic (exact) mass is 495 g/mol. The molecule has 184 valence electrons. The van der Waals surface area contributed by atoms with Gasteiger partial charge in [-0.05, 0) is 49.7 Å². The molecule has 2 N–H and O–H groups in total. The van der Waals surface area contributed by atoms with Crippen LogP contribution in [-0.2, 0) is 12.8 Å². The van der Waals surface area contributed by atoms with Gasteiger partial charge in [-0.15, -0.1) is 0 Å². The van der Waals surface area contributed by atoms with Gasteiger partial charge in [0.1, 0.15) is 12.2 Å². The summed E-state index contributed by atoms with van der Waals surface area (Å²) in [7, 11) is 0. The Balaban J connectivity index is 1.70. The average Bonchev–Trinajstić information content (AvgIpc) is 2.83. The summed E-state index contributed by atoms with van der Waals surface area (Å²) < 4.78 is 52.0. The fourth-order valence-corrected chi connectivity index (χ4v) is 4.43. The van der Waals surface area contributed by atoms with Crippen LogP contribution in [0.25, 0.3) is 22.3 Å². The van der Waals surface area contributed by atoms with E-state index in [9.17, 15) is 27.9 Å². The zero-order valence-electron chi connectivity index (χ0n) is 19.2. The molecule has 1 aliphatic heterocycles. The van der Waals surface area contributed by atoms with Gasteiger partial charge in [0.25, 0.3) is 0 Å². The molecule has 0 amide bonds. The van der Waals surface area contributed by atoms with Crippen LogP contribution in [0.3, 0.4) is 0 Å². The van der Waals surface area contributed by atoms with Crippen LogP contribution in [0.5, 0.6) is 5.75 Å². The summed E-state index contributed by atoms with van der Waals surface area (Å²) in [5.41, 5.74) is 1.19. The Morgan fingerprint density at radius 2 is 1.86 bits per heavy atom. The molecule has 0 fully saturated rings. The van der Waals surface area contributed by atoms with Crippen molar-refractivity contribution in [1.82, 2.24) is 0 Å². The van der Waals surface area contributed by atoms with E-state index in [2.05, 4.69) is 5.32 Å². The first-order chi connectivity index (χ1) is 17.0. The molecule has 0 radical (unpaired) electrons. The summed E-state index contributed by atoms with van der Waals surface area (Å²) in [4.78, 5) is 25.0. The molecule has 36 heavy (non-hydrogen) atoms. The third-order valence-electron chi connectivity index (χ3n) is 6.17. The van der Waals surface area contributed by atoms with Gasteiger partial charge in [0.05, 0.1) is 22.6 Å². The Bertz CT molecular complexity index is 1590. The lowest BCUT2D eigenvalue weighted by atomic mass is 9.97. The fourth-order valence-electron chi connectivity index (χ4n) is 4.43. The highest BCUT2D eigenvalue weighted by Gasteiger charge is 2.34. The molecule has 9 heteroatoms. The van der Waals surface area contributed by atoms with Gasteiger partial charge < -0.3 is 19.6 Å². The maximum Gasteiger partial charge on any atom is 0.416 e. The van der Waals surface area contributed by atoms with E-state index in [-0.39, 0.29) is 40.2 Å². The van der Waals surface area contributed by atoms with Crippen molar-refractivity contribution in [3.63, 3.8) is 0 Å². The summed E-state index contributed by atoms with van der Waals surface area (Å²) in [5.74, 6) is -1.31. The highest BCUT2D eigenvalue weighted by molar-refractivity contribution is 5.94. The molecule has 1 unspecified atom stereocenters. The Morgan fingerprint density at radius 3 is 2.58 bits per heavy atom. The van der Waals surface area contributed by atoms with E-state index in [0.717, 1.165) is 17.7 Å². The van der Waals surface area contributed by atoms with Crippen molar-refractivity contribution < 1.29 is 32.2 Å². The number of ether oxygens (including phenoxy) is 1. The number of carbonyl (C=O) groups is 1. The highest BCUT2D eigenvalue weighted by Crippen LogP contribution is 2.42. The predicted molar refractivity (Wildman–Crippen MR) is 127 cm³/mol. The van der Waals surface area contributed by atoms with E-state index in [1.165, 1.54) is 12.1 Å². The molecule has 5 rings (SSSR count). The largest absolute Gasteiger partial charge is 0.481 e. The second-order valence-corrected chi connectivity index (χ2v) is 8.70. The number of nitrogens with one attached hydrogen (secondary N) is 1. The number of hydrogen-bond acceptors (Lipinski definition) is 5. The summed E-state index contributed by atoms with van der Waals surface area (Å²) in [6, 6.07) is 12.5. The molecular formula is C27H20F3NO5. The van der Waals surface area contributed by atoms with Gasteiger partial charge in [-0.3, -0.25) is 4.79 Å². The lowest BCUT2D eigenvalue weighted by Gasteiger charge is -2.23. The molecule has 0 aliphatic carbocycles. The number of alkyl halides is 3. The van der Waals surface area contributed by atoms with Gasteiger partial charge in [0, 0.05) is 22.4 Å². The van der Waals surface area contributed by atoms with Crippen LogP contribution in [0, 0.1) is 6.92 Å².